The molecule has 4 amide bonds. The van der Waals surface area contributed by atoms with E-state index in [0.717, 1.165) is 32.1 Å². The van der Waals surface area contributed by atoms with Crippen molar-refractivity contribution in [3.63, 3.8) is 0 Å². The fraction of sp³-hybridized carbons (Fsp3) is 0.750. The van der Waals surface area contributed by atoms with E-state index in [9.17, 15) is 14.4 Å². The number of carbonyl (C=O) groups is 3. The first-order valence-corrected chi connectivity index (χ1v) is 8.42. The van der Waals surface area contributed by atoms with Crippen LogP contribution in [0.5, 0.6) is 0 Å². The molecule has 1 unspecified atom stereocenters. The molecule has 1 aliphatic heterocycles. The molecule has 1 saturated heterocycles. The lowest BCUT2D eigenvalue weighted by Gasteiger charge is -2.37. The molecule has 1 heterocycles. The number of nitrogens with one attached hydrogen (secondary N) is 1. The van der Waals surface area contributed by atoms with Crippen LogP contribution >= 0.6 is 0 Å². The fourth-order valence-electron chi connectivity index (χ4n) is 3.27. The smallest absolute Gasteiger partial charge is 0.331 e. The molecule has 1 atom stereocenters. The minimum atomic E-state index is -1.02. The van der Waals surface area contributed by atoms with E-state index in [1.54, 1.807) is 0 Å². The van der Waals surface area contributed by atoms with E-state index in [2.05, 4.69) is 10.3 Å². The number of aliphatic imine (C=N–C) groups is 1. The van der Waals surface area contributed by atoms with Crippen molar-refractivity contribution in [1.82, 2.24) is 10.2 Å². The first kappa shape index (κ1) is 17.6. The summed E-state index contributed by atoms with van der Waals surface area (Å²) in [6, 6.07) is -0.726. The van der Waals surface area contributed by atoms with E-state index >= 15 is 0 Å². The van der Waals surface area contributed by atoms with Crippen LogP contribution in [0.15, 0.2) is 4.99 Å². The Balaban J connectivity index is 2.20. The monoisotopic (exact) mass is 323 g/mol. The standard InChI is InChI=1S/C16H25N3O4/c1-2-12(17-9-6-10-20)13-14(21)18-16(23)19(15(13)22)11-7-4-3-5-8-11/h11,13,20H,2-10H2,1H3,(H,18,21,23). The maximum atomic E-state index is 12.8. The summed E-state index contributed by atoms with van der Waals surface area (Å²) >= 11 is 0. The molecule has 2 rings (SSSR count). The van der Waals surface area contributed by atoms with Crippen LogP contribution < -0.4 is 5.32 Å². The average Bonchev–Trinajstić information content (AvgIpc) is 2.54. The molecule has 0 radical (unpaired) electrons. The number of imide groups is 2. The topological polar surface area (TPSA) is 99.1 Å². The lowest BCUT2D eigenvalue weighted by Crippen LogP contribution is -2.62. The zero-order valence-electron chi connectivity index (χ0n) is 13.6. The van der Waals surface area contributed by atoms with Crippen molar-refractivity contribution < 1.29 is 19.5 Å². The number of carbonyl (C=O) groups excluding carboxylic acids is 3. The van der Waals surface area contributed by atoms with Gasteiger partial charge in [-0.25, -0.2) is 4.79 Å². The number of hydrogen-bond donors (Lipinski definition) is 2. The third-order valence-electron chi connectivity index (χ3n) is 4.46. The quantitative estimate of drug-likeness (QED) is 0.436. The summed E-state index contributed by atoms with van der Waals surface area (Å²) in [6.07, 6.45) is 5.63. The van der Waals surface area contributed by atoms with E-state index < -0.39 is 23.8 Å². The maximum absolute atomic E-state index is 12.8. The van der Waals surface area contributed by atoms with Crippen molar-refractivity contribution in [2.24, 2.45) is 10.9 Å². The Kier molecular flexibility index (Phi) is 6.27. The van der Waals surface area contributed by atoms with Crippen molar-refractivity contribution in [3.05, 3.63) is 0 Å². The SMILES string of the molecule is CCC(=NCCCO)C1C(=O)NC(=O)N(C2CCCCC2)C1=O. The molecule has 2 fully saturated rings. The van der Waals surface area contributed by atoms with Gasteiger partial charge in [0, 0.05) is 24.9 Å². The van der Waals surface area contributed by atoms with Gasteiger partial charge in [-0.1, -0.05) is 26.2 Å². The van der Waals surface area contributed by atoms with Gasteiger partial charge in [-0.3, -0.25) is 24.8 Å². The van der Waals surface area contributed by atoms with Gasteiger partial charge in [0.15, 0.2) is 5.92 Å². The highest BCUT2D eigenvalue weighted by Crippen LogP contribution is 2.26. The molecule has 2 aliphatic rings. The summed E-state index contributed by atoms with van der Waals surface area (Å²) in [4.78, 5) is 42.6. The van der Waals surface area contributed by atoms with Gasteiger partial charge >= 0.3 is 6.03 Å². The van der Waals surface area contributed by atoms with Crippen LogP contribution in [0.4, 0.5) is 4.79 Å². The van der Waals surface area contributed by atoms with E-state index in [0.29, 0.717) is 25.1 Å². The van der Waals surface area contributed by atoms with Crippen LogP contribution in [0.25, 0.3) is 0 Å². The van der Waals surface area contributed by atoms with Crippen LogP contribution in [0.1, 0.15) is 51.9 Å². The second-order valence-electron chi connectivity index (χ2n) is 6.03. The molecule has 2 N–H and O–H groups in total. The summed E-state index contributed by atoms with van der Waals surface area (Å²) in [6.45, 7) is 2.21. The van der Waals surface area contributed by atoms with Crippen molar-refractivity contribution in [2.75, 3.05) is 13.2 Å². The first-order chi connectivity index (χ1) is 11.1. The largest absolute Gasteiger partial charge is 0.396 e. The number of rotatable bonds is 6. The highest BCUT2D eigenvalue weighted by molar-refractivity contribution is 6.27. The van der Waals surface area contributed by atoms with Crippen molar-refractivity contribution in [1.29, 1.82) is 0 Å². The van der Waals surface area contributed by atoms with Gasteiger partial charge in [0.25, 0.3) is 0 Å². The van der Waals surface area contributed by atoms with Crippen LogP contribution in [0.3, 0.4) is 0 Å². The van der Waals surface area contributed by atoms with Crippen molar-refractivity contribution in [2.45, 2.75) is 57.9 Å². The van der Waals surface area contributed by atoms with E-state index in [4.69, 9.17) is 5.11 Å². The van der Waals surface area contributed by atoms with Gasteiger partial charge in [0.1, 0.15) is 0 Å². The molecule has 0 aromatic carbocycles. The predicted octanol–water partition coefficient (Wildman–Crippen LogP) is 1.25. The summed E-state index contributed by atoms with van der Waals surface area (Å²) in [5.74, 6) is -2.05. The third-order valence-corrected chi connectivity index (χ3v) is 4.46. The molecule has 23 heavy (non-hydrogen) atoms. The van der Waals surface area contributed by atoms with Gasteiger partial charge < -0.3 is 5.11 Å². The molecule has 0 bridgehead atoms. The Hall–Kier alpha value is -1.76. The average molecular weight is 323 g/mol. The number of aliphatic hydroxyl groups is 1. The number of hydrogen-bond acceptors (Lipinski definition) is 5. The molecule has 7 nitrogen and oxygen atoms in total. The first-order valence-electron chi connectivity index (χ1n) is 8.42. The second-order valence-corrected chi connectivity index (χ2v) is 6.03. The third kappa shape index (κ3) is 3.96. The predicted molar refractivity (Wildman–Crippen MR) is 85.0 cm³/mol. The zero-order chi connectivity index (χ0) is 16.8. The molecule has 0 aromatic heterocycles. The van der Waals surface area contributed by atoms with Crippen LogP contribution in [-0.2, 0) is 9.59 Å². The summed E-state index contributed by atoms with van der Waals surface area (Å²) in [7, 11) is 0. The Morgan fingerprint density at radius 2 is 1.96 bits per heavy atom. The summed E-state index contributed by atoms with van der Waals surface area (Å²) in [5, 5.41) is 11.2. The van der Waals surface area contributed by atoms with E-state index in [1.165, 1.54) is 4.90 Å². The lowest BCUT2D eigenvalue weighted by molar-refractivity contribution is -0.141. The molecule has 128 valence electrons. The molecular formula is C16H25N3O4. The Bertz CT molecular complexity index is 498. The van der Waals surface area contributed by atoms with Gasteiger partial charge in [-0.15, -0.1) is 0 Å². The van der Waals surface area contributed by atoms with E-state index in [-0.39, 0.29) is 12.6 Å². The summed E-state index contributed by atoms with van der Waals surface area (Å²) < 4.78 is 0. The number of amides is 4. The number of aliphatic hydroxyl groups excluding tert-OH is 1. The minimum absolute atomic E-state index is 0.0119. The Morgan fingerprint density at radius 3 is 2.57 bits per heavy atom. The number of urea groups is 1. The van der Waals surface area contributed by atoms with Gasteiger partial charge in [0.05, 0.1) is 0 Å². The lowest BCUT2D eigenvalue weighted by atomic mass is 9.90. The molecule has 0 aromatic rings. The van der Waals surface area contributed by atoms with Crippen LogP contribution in [0, 0.1) is 5.92 Å². The minimum Gasteiger partial charge on any atom is -0.396 e. The van der Waals surface area contributed by atoms with Crippen LogP contribution in [-0.4, -0.2) is 52.8 Å². The molecular weight excluding hydrogens is 298 g/mol. The number of barbiturate groups is 1. The van der Waals surface area contributed by atoms with Gasteiger partial charge in [-0.2, -0.15) is 0 Å². The second kappa shape index (κ2) is 8.19. The maximum Gasteiger partial charge on any atom is 0.331 e. The van der Waals surface area contributed by atoms with Crippen molar-refractivity contribution >= 4 is 23.6 Å². The highest BCUT2D eigenvalue weighted by atomic mass is 16.3. The molecule has 1 aliphatic carbocycles. The Morgan fingerprint density at radius 1 is 1.26 bits per heavy atom. The highest BCUT2D eigenvalue weighted by Gasteiger charge is 2.45. The van der Waals surface area contributed by atoms with Crippen molar-refractivity contribution in [3.8, 4) is 0 Å². The molecule has 1 saturated carbocycles. The molecule has 0 spiro atoms. The molecule has 7 heteroatoms. The van der Waals surface area contributed by atoms with E-state index in [1.807, 2.05) is 6.92 Å². The van der Waals surface area contributed by atoms with Gasteiger partial charge in [0.2, 0.25) is 11.8 Å². The Labute approximate surface area is 136 Å². The fourth-order valence-corrected chi connectivity index (χ4v) is 3.27. The summed E-state index contributed by atoms with van der Waals surface area (Å²) in [5.41, 5.74) is 0.481. The number of nitrogens with zero attached hydrogens (tertiary/aromatic N) is 2. The normalized spacial score (nSPS) is 24.1. The van der Waals surface area contributed by atoms with Crippen LogP contribution in [0.2, 0.25) is 0 Å². The zero-order valence-corrected chi connectivity index (χ0v) is 13.6. The van der Waals surface area contributed by atoms with Gasteiger partial charge in [-0.05, 0) is 25.7 Å².